The predicted molar refractivity (Wildman–Crippen MR) is 106 cm³/mol. The van der Waals surface area contributed by atoms with Crippen LogP contribution in [-0.2, 0) is 19.7 Å². The summed E-state index contributed by atoms with van der Waals surface area (Å²) in [5, 5.41) is 2.72. The molecule has 0 unspecified atom stereocenters. The third-order valence-electron chi connectivity index (χ3n) is 3.94. The fourth-order valence-corrected chi connectivity index (χ4v) is 2.39. The molecule has 5 nitrogen and oxygen atoms in total. The van der Waals surface area contributed by atoms with E-state index in [4.69, 9.17) is 9.47 Å². The number of nitrogens with one attached hydrogen (secondary N) is 1. The zero-order valence-electron chi connectivity index (χ0n) is 16.2. The maximum absolute atomic E-state index is 11.9. The summed E-state index contributed by atoms with van der Waals surface area (Å²) in [6.07, 6.45) is 0.740. The second-order valence-electron chi connectivity index (χ2n) is 7.30. The fourth-order valence-electron chi connectivity index (χ4n) is 2.39. The number of ether oxygens (including phenoxy) is 2. The van der Waals surface area contributed by atoms with Crippen molar-refractivity contribution in [3.05, 3.63) is 60.2 Å². The van der Waals surface area contributed by atoms with E-state index in [-0.39, 0.29) is 24.3 Å². The predicted octanol–water partition coefficient (Wildman–Crippen LogP) is 4.33. The summed E-state index contributed by atoms with van der Waals surface area (Å²) >= 11 is 0. The van der Waals surface area contributed by atoms with Crippen LogP contribution in [0.5, 0.6) is 5.75 Å². The van der Waals surface area contributed by atoms with Crippen molar-refractivity contribution in [2.75, 3.05) is 18.5 Å². The van der Waals surface area contributed by atoms with Crippen molar-refractivity contribution in [2.45, 2.75) is 39.0 Å². The summed E-state index contributed by atoms with van der Waals surface area (Å²) < 4.78 is 10.5. The molecule has 1 N–H and O–H groups in total. The van der Waals surface area contributed by atoms with Crippen LogP contribution in [0.25, 0.3) is 0 Å². The summed E-state index contributed by atoms with van der Waals surface area (Å²) in [4.78, 5) is 23.6. The summed E-state index contributed by atoms with van der Waals surface area (Å²) in [7, 11) is 0. The smallest absolute Gasteiger partial charge is 0.306 e. The number of benzene rings is 2. The lowest BCUT2D eigenvalue weighted by Gasteiger charge is -2.19. The van der Waals surface area contributed by atoms with Crippen LogP contribution in [0, 0.1) is 0 Å². The molecule has 0 heterocycles. The van der Waals surface area contributed by atoms with E-state index in [1.807, 2.05) is 54.6 Å². The van der Waals surface area contributed by atoms with Crippen LogP contribution >= 0.6 is 0 Å². The number of esters is 1. The molecule has 0 aliphatic carbocycles. The molecule has 144 valence electrons. The van der Waals surface area contributed by atoms with Gasteiger partial charge in [0.25, 0.3) is 5.91 Å². The van der Waals surface area contributed by atoms with E-state index in [1.54, 1.807) is 0 Å². The zero-order valence-corrected chi connectivity index (χ0v) is 16.2. The van der Waals surface area contributed by atoms with E-state index in [0.29, 0.717) is 18.7 Å². The Kier molecular flexibility index (Phi) is 7.41. The molecule has 0 aromatic heterocycles. The molecule has 0 bridgehead atoms. The van der Waals surface area contributed by atoms with Gasteiger partial charge in [0.05, 0.1) is 6.61 Å². The van der Waals surface area contributed by atoms with Crippen LogP contribution in [-0.4, -0.2) is 25.1 Å². The summed E-state index contributed by atoms with van der Waals surface area (Å²) in [5.74, 6) is 0.00000983. The molecule has 0 aliphatic rings. The van der Waals surface area contributed by atoms with Gasteiger partial charge in [-0.3, -0.25) is 9.59 Å². The van der Waals surface area contributed by atoms with Gasteiger partial charge in [0.1, 0.15) is 5.75 Å². The number of para-hydroxylation sites is 1. The Bertz CT molecular complexity index is 733. The summed E-state index contributed by atoms with van der Waals surface area (Å²) in [6.45, 7) is 6.52. The van der Waals surface area contributed by atoms with Crippen molar-refractivity contribution in [2.24, 2.45) is 0 Å². The lowest BCUT2D eigenvalue weighted by atomic mass is 9.87. The number of rotatable bonds is 8. The highest BCUT2D eigenvalue weighted by Gasteiger charge is 2.13. The Balaban J connectivity index is 1.64. The molecule has 0 aliphatic heterocycles. The van der Waals surface area contributed by atoms with Crippen molar-refractivity contribution < 1.29 is 19.1 Å². The van der Waals surface area contributed by atoms with Crippen molar-refractivity contribution in [3.8, 4) is 5.75 Å². The normalized spacial score (nSPS) is 10.9. The van der Waals surface area contributed by atoms with E-state index < -0.39 is 5.97 Å². The lowest BCUT2D eigenvalue weighted by molar-refractivity contribution is -0.147. The van der Waals surface area contributed by atoms with E-state index in [0.717, 1.165) is 5.75 Å². The second-order valence-corrected chi connectivity index (χ2v) is 7.30. The van der Waals surface area contributed by atoms with Crippen molar-refractivity contribution in [3.63, 3.8) is 0 Å². The first-order chi connectivity index (χ1) is 12.8. The molecule has 1 amide bonds. The van der Waals surface area contributed by atoms with Crippen LogP contribution in [0.15, 0.2) is 54.6 Å². The number of hydrogen-bond donors (Lipinski definition) is 1. The van der Waals surface area contributed by atoms with Gasteiger partial charge in [-0.15, -0.1) is 0 Å². The largest absolute Gasteiger partial charge is 0.494 e. The molecule has 27 heavy (non-hydrogen) atoms. The molecular weight excluding hydrogens is 342 g/mol. The number of amides is 1. The molecule has 5 heteroatoms. The van der Waals surface area contributed by atoms with Gasteiger partial charge in [0.2, 0.25) is 0 Å². The van der Waals surface area contributed by atoms with Crippen molar-refractivity contribution in [1.82, 2.24) is 0 Å². The highest BCUT2D eigenvalue weighted by Crippen LogP contribution is 2.23. The summed E-state index contributed by atoms with van der Waals surface area (Å²) in [5.41, 5.74) is 1.92. The lowest BCUT2D eigenvalue weighted by Crippen LogP contribution is -2.21. The van der Waals surface area contributed by atoms with Crippen molar-refractivity contribution >= 4 is 17.6 Å². The first kappa shape index (κ1) is 20.5. The van der Waals surface area contributed by atoms with E-state index in [2.05, 4.69) is 26.1 Å². The minimum atomic E-state index is -0.412. The van der Waals surface area contributed by atoms with Gasteiger partial charge in [-0.05, 0) is 41.7 Å². The SMILES string of the molecule is CC(C)(C)c1ccc(NC(=O)COC(=O)CCCOc2ccccc2)cc1. The van der Waals surface area contributed by atoms with Crippen LogP contribution in [0.3, 0.4) is 0 Å². The zero-order chi connectivity index (χ0) is 19.7. The quantitative estimate of drug-likeness (QED) is 0.556. The Morgan fingerprint density at radius 2 is 1.63 bits per heavy atom. The molecule has 2 rings (SSSR count). The van der Waals surface area contributed by atoms with Crippen LogP contribution < -0.4 is 10.1 Å². The topological polar surface area (TPSA) is 64.6 Å². The van der Waals surface area contributed by atoms with Gasteiger partial charge in [0, 0.05) is 12.1 Å². The third-order valence-corrected chi connectivity index (χ3v) is 3.94. The van der Waals surface area contributed by atoms with E-state index in [1.165, 1.54) is 5.56 Å². The minimum Gasteiger partial charge on any atom is -0.494 e. The molecule has 0 radical (unpaired) electrons. The molecule has 2 aromatic carbocycles. The average molecular weight is 369 g/mol. The Morgan fingerprint density at radius 1 is 0.963 bits per heavy atom. The van der Waals surface area contributed by atoms with Gasteiger partial charge in [0.15, 0.2) is 6.61 Å². The highest BCUT2D eigenvalue weighted by atomic mass is 16.5. The first-order valence-corrected chi connectivity index (χ1v) is 9.08. The fraction of sp³-hybridized carbons (Fsp3) is 0.364. The maximum Gasteiger partial charge on any atom is 0.306 e. The minimum absolute atomic E-state index is 0.0578. The number of carbonyl (C=O) groups excluding carboxylic acids is 2. The van der Waals surface area contributed by atoms with Crippen molar-refractivity contribution in [1.29, 1.82) is 0 Å². The summed E-state index contributed by atoms with van der Waals surface area (Å²) in [6, 6.07) is 17.1. The third kappa shape index (κ3) is 7.52. The van der Waals surface area contributed by atoms with E-state index >= 15 is 0 Å². The van der Waals surface area contributed by atoms with Crippen LogP contribution in [0.2, 0.25) is 0 Å². The van der Waals surface area contributed by atoms with Gasteiger partial charge in [-0.1, -0.05) is 51.1 Å². The molecule has 0 saturated heterocycles. The van der Waals surface area contributed by atoms with Crippen LogP contribution in [0.1, 0.15) is 39.2 Å². The second kappa shape index (κ2) is 9.76. The van der Waals surface area contributed by atoms with E-state index in [9.17, 15) is 9.59 Å². The number of anilines is 1. The molecule has 0 fully saturated rings. The maximum atomic E-state index is 11.9. The van der Waals surface area contributed by atoms with Gasteiger partial charge in [-0.25, -0.2) is 0 Å². The molecule has 0 spiro atoms. The van der Waals surface area contributed by atoms with Gasteiger partial charge in [-0.2, -0.15) is 0 Å². The Hall–Kier alpha value is -2.82. The highest BCUT2D eigenvalue weighted by molar-refractivity contribution is 5.92. The first-order valence-electron chi connectivity index (χ1n) is 9.08. The number of hydrogen-bond acceptors (Lipinski definition) is 4. The van der Waals surface area contributed by atoms with Gasteiger partial charge < -0.3 is 14.8 Å². The molecular formula is C22H27NO4. The van der Waals surface area contributed by atoms with Gasteiger partial charge >= 0.3 is 5.97 Å². The molecule has 0 saturated carbocycles. The van der Waals surface area contributed by atoms with Crippen LogP contribution in [0.4, 0.5) is 5.69 Å². The Labute approximate surface area is 160 Å². The monoisotopic (exact) mass is 369 g/mol. The average Bonchev–Trinajstić information content (AvgIpc) is 2.64. The molecule has 2 aromatic rings. The number of carbonyl (C=O) groups is 2. The Morgan fingerprint density at radius 3 is 2.26 bits per heavy atom. The standard InChI is InChI=1S/C22H27NO4/c1-22(2,3)17-11-13-18(14-12-17)23-20(24)16-27-21(25)10-7-15-26-19-8-5-4-6-9-19/h4-6,8-9,11-14H,7,10,15-16H2,1-3H3,(H,23,24). The molecule has 0 atom stereocenters.